The van der Waals surface area contributed by atoms with Gasteiger partial charge in [-0.1, -0.05) is 11.8 Å². The fraction of sp³-hybridized carbons (Fsp3) is 0.556. The molecule has 1 aromatic heterocycles. The first-order chi connectivity index (χ1) is 7.94. The number of anilines is 1. The number of hydrogen-bond acceptors (Lipinski definition) is 5. The Hall–Kier alpha value is -1.18. The van der Waals surface area contributed by atoms with Gasteiger partial charge in [-0.25, -0.2) is 4.98 Å². The Morgan fingerprint density at radius 2 is 2.12 bits per heavy atom. The van der Waals surface area contributed by atoms with Gasteiger partial charge in [0.1, 0.15) is 5.82 Å². The summed E-state index contributed by atoms with van der Waals surface area (Å²) in [5.41, 5.74) is 0. The maximum absolute atomic E-state index is 11.9. The van der Waals surface area contributed by atoms with Gasteiger partial charge in [0.15, 0.2) is 5.16 Å². The molecule has 0 saturated heterocycles. The number of nitrogens with zero attached hydrogens (tertiary/aromatic N) is 2. The van der Waals surface area contributed by atoms with E-state index >= 15 is 0 Å². The minimum Gasteiger partial charge on any atom is -0.477 e. The Kier molecular flexibility index (Phi) is 4.86. The predicted octanol–water partition coefficient (Wildman–Crippen LogP) is 2.57. The Morgan fingerprint density at radius 1 is 1.41 bits per heavy atom. The third kappa shape index (κ3) is 5.12. The average molecular weight is 267 g/mol. The average Bonchev–Trinajstić information content (AvgIpc) is 2.26. The van der Waals surface area contributed by atoms with Crippen LogP contribution in [0.3, 0.4) is 0 Å². The zero-order chi connectivity index (χ0) is 12.9. The topological polar surface area (TPSA) is 47.0 Å². The van der Waals surface area contributed by atoms with Crippen LogP contribution in [0.4, 0.5) is 19.0 Å². The predicted molar refractivity (Wildman–Crippen MR) is 59.5 cm³/mol. The van der Waals surface area contributed by atoms with Gasteiger partial charge in [-0.3, -0.25) is 0 Å². The quantitative estimate of drug-likeness (QED) is 0.656. The van der Waals surface area contributed by atoms with Gasteiger partial charge in [0.05, 0.1) is 13.0 Å². The maximum atomic E-state index is 11.9. The van der Waals surface area contributed by atoms with Gasteiger partial charge in [-0.2, -0.15) is 18.2 Å². The molecule has 1 N–H and O–H groups in total. The first-order valence-corrected chi connectivity index (χ1v) is 5.97. The first-order valence-electron chi connectivity index (χ1n) is 4.75. The van der Waals surface area contributed by atoms with E-state index in [9.17, 15) is 13.2 Å². The molecule has 1 heterocycles. The molecule has 0 atom stereocenters. The molecule has 0 aliphatic carbocycles. The van der Waals surface area contributed by atoms with Crippen molar-refractivity contribution in [3.8, 4) is 5.88 Å². The fourth-order valence-electron chi connectivity index (χ4n) is 0.968. The molecule has 0 bridgehead atoms. The van der Waals surface area contributed by atoms with Crippen LogP contribution < -0.4 is 10.1 Å². The molecular formula is C9H12F3N3OS. The third-order valence-electron chi connectivity index (χ3n) is 1.76. The second-order valence-corrected chi connectivity index (χ2v) is 3.82. The van der Waals surface area contributed by atoms with Crippen LogP contribution in [0.15, 0.2) is 11.2 Å². The summed E-state index contributed by atoms with van der Waals surface area (Å²) in [6.07, 6.45) is -3.45. The first kappa shape index (κ1) is 13.9. The highest BCUT2D eigenvalue weighted by molar-refractivity contribution is 7.98. The molecule has 0 unspecified atom stereocenters. The van der Waals surface area contributed by atoms with E-state index in [0.717, 1.165) is 0 Å². The summed E-state index contributed by atoms with van der Waals surface area (Å²) in [6, 6.07) is 1.45. The summed E-state index contributed by atoms with van der Waals surface area (Å²) >= 11 is 1.29. The summed E-state index contributed by atoms with van der Waals surface area (Å²) < 4.78 is 40.7. The zero-order valence-corrected chi connectivity index (χ0v) is 10.2. The van der Waals surface area contributed by atoms with Crippen molar-refractivity contribution in [3.63, 3.8) is 0 Å². The van der Waals surface area contributed by atoms with Crippen molar-refractivity contribution in [2.24, 2.45) is 0 Å². The van der Waals surface area contributed by atoms with Crippen molar-refractivity contribution in [2.75, 3.05) is 25.2 Å². The highest BCUT2D eigenvalue weighted by atomic mass is 32.2. The van der Waals surface area contributed by atoms with Crippen molar-refractivity contribution < 1.29 is 17.9 Å². The number of rotatable bonds is 5. The van der Waals surface area contributed by atoms with Crippen LogP contribution >= 0.6 is 11.8 Å². The molecule has 0 radical (unpaired) electrons. The zero-order valence-electron chi connectivity index (χ0n) is 9.34. The van der Waals surface area contributed by atoms with E-state index in [1.54, 1.807) is 13.3 Å². The minimum atomic E-state index is -4.22. The lowest BCUT2D eigenvalue weighted by Crippen LogP contribution is -2.13. The van der Waals surface area contributed by atoms with E-state index < -0.39 is 19.2 Å². The number of halogens is 3. The number of aromatic nitrogens is 2. The summed E-state index contributed by atoms with van der Waals surface area (Å²) in [4.78, 5) is 8.01. The van der Waals surface area contributed by atoms with Crippen LogP contribution in [0.25, 0.3) is 0 Å². The van der Waals surface area contributed by atoms with Crippen molar-refractivity contribution >= 4 is 17.6 Å². The highest BCUT2D eigenvalue weighted by Gasteiger charge is 2.26. The Bertz CT molecular complexity index is 351. The lowest BCUT2D eigenvalue weighted by Gasteiger charge is -2.09. The SMILES string of the molecule is CNc1cc(OCCC(F)(F)F)nc(SC)n1. The van der Waals surface area contributed by atoms with Gasteiger partial charge in [0.2, 0.25) is 5.88 Å². The van der Waals surface area contributed by atoms with E-state index in [4.69, 9.17) is 4.74 Å². The number of ether oxygens (including phenoxy) is 1. The van der Waals surface area contributed by atoms with Crippen LogP contribution in [0, 0.1) is 0 Å². The van der Waals surface area contributed by atoms with Gasteiger partial charge in [-0.15, -0.1) is 0 Å². The molecule has 0 aliphatic heterocycles. The smallest absolute Gasteiger partial charge is 0.392 e. The number of nitrogens with one attached hydrogen (secondary N) is 1. The van der Waals surface area contributed by atoms with Crippen molar-refractivity contribution in [1.29, 1.82) is 0 Å². The summed E-state index contributed by atoms with van der Waals surface area (Å²) in [5.74, 6) is 0.643. The van der Waals surface area contributed by atoms with Crippen LogP contribution in [0.5, 0.6) is 5.88 Å². The van der Waals surface area contributed by atoms with Crippen LogP contribution in [0.2, 0.25) is 0 Å². The molecule has 0 aromatic carbocycles. The van der Waals surface area contributed by atoms with Crippen LogP contribution in [0.1, 0.15) is 6.42 Å². The van der Waals surface area contributed by atoms with E-state index in [2.05, 4.69) is 15.3 Å². The molecule has 1 rings (SSSR count). The second-order valence-electron chi connectivity index (χ2n) is 3.04. The minimum absolute atomic E-state index is 0.137. The van der Waals surface area contributed by atoms with Gasteiger partial charge in [0.25, 0.3) is 0 Å². The second kappa shape index (κ2) is 5.95. The van der Waals surface area contributed by atoms with Crippen molar-refractivity contribution in [1.82, 2.24) is 9.97 Å². The highest BCUT2D eigenvalue weighted by Crippen LogP contribution is 2.22. The Morgan fingerprint density at radius 3 is 2.65 bits per heavy atom. The monoisotopic (exact) mass is 267 g/mol. The third-order valence-corrected chi connectivity index (χ3v) is 2.30. The number of thioether (sulfide) groups is 1. The summed E-state index contributed by atoms with van der Waals surface area (Å²) in [6.45, 7) is -0.447. The van der Waals surface area contributed by atoms with Crippen LogP contribution in [-0.4, -0.2) is 36.1 Å². The summed E-state index contributed by atoms with van der Waals surface area (Å²) in [7, 11) is 1.66. The standard InChI is InChI=1S/C9H12F3N3OS/c1-13-6-5-7(15-8(14-6)17-2)16-4-3-9(10,11)12/h5H,3-4H2,1-2H3,(H,13,14,15). The molecule has 8 heteroatoms. The molecule has 0 saturated carbocycles. The van der Waals surface area contributed by atoms with Gasteiger partial charge in [-0.05, 0) is 6.26 Å². The lowest BCUT2D eigenvalue weighted by molar-refractivity contribution is -0.139. The summed E-state index contributed by atoms with van der Waals surface area (Å²) in [5, 5.41) is 3.23. The molecule has 17 heavy (non-hydrogen) atoms. The molecule has 0 amide bonds. The lowest BCUT2D eigenvalue weighted by atomic mass is 10.4. The van der Waals surface area contributed by atoms with Gasteiger partial charge < -0.3 is 10.1 Å². The Labute approximate surface area is 101 Å². The fourth-order valence-corrected chi connectivity index (χ4v) is 1.34. The van der Waals surface area contributed by atoms with Gasteiger partial charge in [0, 0.05) is 13.1 Å². The molecular weight excluding hydrogens is 255 g/mol. The van der Waals surface area contributed by atoms with Crippen molar-refractivity contribution in [2.45, 2.75) is 17.8 Å². The molecule has 0 aliphatic rings. The van der Waals surface area contributed by atoms with E-state index in [-0.39, 0.29) is 5.88 Å². The van der Waals surface area contributed by atoms with E-state index in [0.29, 0.717) is 11.0 Å². The van der Waals surface area contributed by atoms with Gasteiger partial charge >= 0.3 is 6.18 Å². The number of hydrogen-bond donors (Lipinski definition) is 1. The molecule has 4 nitrogen and oxygen atoms in total. The normalized spacial score (nSPS) is 11.4. The van der Waals surface area contributed by atoms with E-state index in [1.165, 1.54) is 17.8 Å². The Balaban J connectivity index is 2.64. The van der Waals surface area contributed by atoms with E-state index in [1.807, 2.05) is 0 Å². The molecule has 96 valence electrons. The molecule has 1 aromatic rings. The maximum Gasteiger partial charge on any atom is 0.392 e. The van der Waals surface area contributed by atoms with Crippen molar-refractivity contribution in [3.05, 3.63) is 6.07 Å². The van der Waals surface area contributed by atoms with Crippen LogP contribution in [-0.2, 0) is 0 Å². The number of alkyl halides is 3. The molecule has 0 fully saturated rings. The molecule has 0 spiro atoms. The largest absolute Gasteiger partial charge is 0.477 e.